The summed E-state index contributed by atoms with van der Waals surface area (Å²) in [5.74, 6) is 0.426. The Balaban J connectivity index is 1.66. The van der Waals surface area contributed by atoms with Crippen LogP contribution in [0.3, 0.4) is 0 Å². The van der Waals surface area contributed by atoms with Crippen molar-refractivity contribution < 1.29 is 28.6 Å². The highest BCUT2D eigenvalue weighted by molar-refractivity contribution is 6.05. The van der Waals surface area contributed by atoms with E-state index < -0.39 is 0 Å². The van der Waals surface area contributed by atoms with Crippen LogP contribution < -0.4 is 14.8 Å². The predicted molar refractivity (Wildman–Crippen MR) is 92.5 cm³/mol. The van der Waals surface area contributed by atoms with Gasteiger partial charge in [0, 0.05) is 30.6 Å². The monoisotopic (exact) mass is 362 g/mol. The molecule has 26 heavy (non-hydrogen) atoms. The van der Waals surface area contributed by atoms with Crippen LogP contribution in [0, 0.1) is 5.92 Å². The molecule has 140 valence electrons. The van der Waals surface area contributed by atoms with E-state index >= 15 is 0 Å². The minimum absolute atomic E-state index is 0.0936. The molecule has 0 atom stereocenters. The molecule has 2 aliphatic rings. The first-order valence-electron chi connectivity index (χ1n) is 8.66. The maximum atomic E-state index is 12.6. The van der Waals surface area contributed by atoms with E-state index in [0.717, 1.165) is 0 Å². The number of anilines is 1. The lowest BCUT2D eigenvalue weighted by Gasteiger charge is -2.30. The molecule has 0 aliphatic carbocycles. The van der Waals surface area contributed by atoms with Crippen LogP contribution in [0.1, 0.15) is 37.0 Å². The Morgan fingerprint density at radius 2 is 1.85 bits per heavy atom. The van der Waals surface area contributed by atoms with E-state index in [2.05, 4.69) is 5.32 Å². The third-order valence-electron chi connectivity index (χ3n) is 4.54. The van der Waals surface area contributed by atoms with Crippen LogP contribution in [0.4, 0.5) is 10.5 Å². The smallest absolute Gasteiger partial charge is 0.409 e. The standard InChI is InChI=1S/C18H22N2O6/c1-3-24-18(23)20-6-4-12(5-7-20)17(22)19-14-9-16-15(25-10-26-16)8-13(14)11(2)21/h8-9,12H,3-7,10H2,1-2H3,(H,19,22). The molecule has 2 aliphatic heterocycles. The molecule has 1 saturated heterocycles. The zero-order chi connectivity index (χ0) is 18.7. The Morgan fingerprint density at radius 3 is 2.46 bits per heavy atom. The Bertz CT molecular complexity index is 725. The topological polar surface area (TPSA) is 94.2 Å². The summed E-state index contributed by atoms with van der Waals surface area (Å²) in [4.78, 5) is 37.9. The first-order chi connectivity index (χ1) is 12.5. The Labute approximate surface area is 151 Å². The molecule has 2 heterocycles. The molecule has 1 fully saturated rings. The first-order valence-corrected chi connectivity index (χ1v) is 8.66. The van der Waals surface area contributed by atoms with Gasteiger partial charge in [-0.3, -0.25) is 9.59 Å². The van der Waals surface area contributed by atoms with Crippen LogP contribution in [-0.2, 0) is 9.53 Å². The van der Waals surface area contributed by atoms with Crippen LogP contribution >= 0.6 is 0 Å². The second kappa shape index (κ2) is 7.63. The van der Waals surface area contributed by atoms with Crippen molar-refractivity contribution in [2.75, 3.05) is 31.8 Å². The van der Waals surface area contributed by atoms with Gasteiger partial charge in [-0.15, -0.1) is 0 Å². The third-order valence-corrected chi connectivity index (χ3v) is 4.54. The molecular formula is C18H22N2O6. The number of hydrogen-bond acceptors (Lipinski definition) is 6. The van der Waals surface area contributed by atoms with Gasteiger partial charge in [-0.2, -0.15) is 0 Å². The highest BCUT2D eigenvalue weighted by Crippen LogP contribution is 2.37. The summed E-state index contributed by atoms with van der Waals surface area (Å²) in [6, 6.07) is 3.20. The largest absolute Gasteiger partial charge is 0.454 e. The number of nitrogens with zero attached hydrogens (tertiary/aromatic N) is 1. The zero-order valence-electron chi connectivity index (χ0n) is 14.9. The summed E-state index contributed by atoms with van der Waals surface area (Å²) in [6.45, 7) is 4.56. The molecule has 2 amide bonds. The van der Waals surface area contributed by atoms with Crippen molar-refractivity contribution in [1.29, 1.82) is 0 Å². The minimum atomic E-state index is -0.346. The van der Waals surface area contributed by atoms with Crippen LogP contribution in [0.5, 0.6) is 11.5 Å². The van der Waals surface area contributed by atoms with Gasteiger partial charge >= 0.3 is 6.09 Å². The van der Waals surface area contributed by atoms with E-state index in [-0.39, 0.29) is 30.5 Å². The average Bonchev–Trinajstić information content (AvgIpc) is 3.08. The average molecular weight is 362 g/mol. The van der Waals surface area contributed by atoms with Crippen LogP contribution in [-0.4, -0.2) is 49.2 Å². The number of likely N-dealkylation sites (tertiary alicyclic amines) is 1. The predicted octanol–water partition coefficient (Wildman–Crippen LogP) is 2.42. The highest BCUT2D eigenvalue weighted by atomic mass is 16.7. The molecule has 1 N–H and O–H groups in total. The van der Waals surface area contributed by atoms with E-state index in [1.807, 2.05) is 0 Å². The number of carbonyl (C=O) groups excluding carboxylic acids is 3. The van der Waals surface area contributed by atoms with Crippen molar-refractivity contribution in [1.82, 2.24) is 4.90 Å². The minimum Gasteiger partial charge on any atom is -0.454 e. The lowest BCUT2D eigenvalue weighted by molar-refractivity contribution is -0.121. The number of fused-ring (bicyclic) bond motifs is 1. The van der Waals surface area contributed by atoms with Crippen LogP contribution in [0.25, 0.3) is 0 Å². The number of hydrogen-bond donors (Lipinski definition) is 1. The Hall–Kier alpha value is -2.77. The third kappa shape index (κ3) is 3.74. The lowest BCUT2D eigenvalue weighted by atomic mass is 9.95. The molecule has 1 aromatic carbocycles. The van der Waals surface area contributed by atoms with E-state index in [1.54, 1.807) is 24.0 Å². The second-order valence-electron chi connectivity index (χ2n) is 6.26. The van der Waals surface area contributed by atoms with Gasteiger partial charge in [-0.1, -0.05) is 0 Å². The molecule has 8 heteroatoms. The van der Waals surface area contributed by atoms with E-state index in [1.165, 1.54) is 6.92 Å². The number of nitrogens with one attached hydrogen (secondary N) is 1. The number of benzene rings is 1. The van der Waals surface area contributed by atoms with Crippen molar-refractivity contribution in [3.8, 4) is 11.5 Å². The summed E-state index contributed by atoms with van der Waals surface area (Å²) in [6.07, 6.45) is 0.746. The van der Waals surface area contributed by atoms with Crippen LogP contribution in [0.2, 0.25) is 0 Å². The van der Waals surface area contributed by atoms with Gasteiger partial charge < -0.3 is 24.4 Å². The number of Topliss-reactive ketones (excluding diaryl/α,β-unsaturated/α-hetero) is 1. The highest BCUT2D eigenvalue weighted by Gasteiger charge is 2.29. The maximum absolute atomic E-state index is 12.6. The number of rotatable bonds is 4. The summed E-state index contributed by atoms with van der Waals surface area (Å²) in [5.41, 5.74) is 0.797. The summed E-state index contributed by atoms with van der Waals surface area (Å²) >= 11 is 0. The Kier molecular flexibility index (Phi) is 5.29. The lowest BCUT2D eigenvalue weighted by Crippen LogP contribution is -2.41. The van der Waals surface area contributed by atoms with E-state index in [9.17, 15) is 14.4 Å². The van der Waals surface area contributed by atoms with Crippen molar-refractivity contribution in [3.63, 3.8) is 0 Å². The molecule has 0 unspecified atom stereocenters. The second-order valence-corrected chi connectivity index (χ2v) is 6.26. The normalized spacial score (nSPS) is 16.3. The summed E-state index contributed by atoms with van der Waals surface area (Å²) < 4.78 is 15.6. The Morgan fingerprint density at radius 1 is 1.19 bits per heavy atom. The molecule has 8 nitrogen and oxygen atoms in total. The molecule has 1 aromatic rings. The van der Waals surface area contributed by atoms with E-state index in [0.29, 0.717) is 55.3 Å². The molecule has 0 aromatic heterocycles. The fraction of sp³-hybridized carbons (Fsp3) is 0.500. The summed E-state index contributed by atoms with van der Waals surface area (Å²) in [5, 5.41) is 2.83. The maximum Gasteiger partial charge on any atom is 0.409 e. The fourth-order valence-electron chi connectivity index (χ4n) is 3.11. The number of ether oxygens (including phenoxy) is 3. The van der Waals surface area contributed by atoms with Crippen molar-refractivity contribution in [3.05, 3.63) is 17.7 Å². The molecule has 0 bridgehead atoms. The number of piperidine rings is 1. The van der Waals surface area contributed by atoms with Gasteiger partial charge in [0.2, 0.25) is 12.7 Å². The van der Waals surface area contributed by atoms with Gasteiger partial charge in [0.05, 0.1) is 12.3 Å². The number of carbonyl (C=O) groups is 3. The number of ketones is 1. The fourth-order valence-corrected chi connectivity index (χ4v) is 3.11. The first kappa shape index (κ1) is 18.0. The van der Waals surface area contributed by atoms with Gasteiger partial charge in [-0.25, -0.2) is 4.79 Å². The van der Waals surface area contributed by atoms with Gasteiger partial charge in [0.15, 0.2) is 17.3 Å². The zero-order valence-corrected chi connectivity index (χ0v) is 14.9. The quantitative estimate of drug-likeness (QED) is 0.827. The molecular weight excluding hydrogens is 340 g/mol. The van der Waals surface area contributed by atoms with Gasteiger partial charge in [0.25, 0.3) is 0 Å². The van der Waals surface area contributed by atoms with Gasteiger partial charge in [-0.05, 0) is 32.8 Å². The van der Waals surface area contributed by atoms with Crippen molar-refractivity contribution >= 4 is 23.5 Å². The van der Waals surface area contributed by atoms with Crippen molar-refractivity contribution in [2.24, 2.45) is 5.92 Å². The molecule has 0 spiro atoms. The molecule has 3 rings (SSSR count). The van der Waals surface area contributed by atoms with Crippen molar-refractivity contribution in [2.45, 2.75) is 26.7 Å². The van der Waals surface area contributed by atoms with Crippen LogP contribution in [0.15, 0.2) is 12.1 Å². The van der Waals surface area contributed by atoms with Gasteiger partial charge in [0.1, 0.15) is 0 Å². The number of amides is 2. The molecule has 0 radical (unpaired) electrons. The summed E-state index contributed by atoms with van der Waals surface area (Å²) in [7, 11) is 0. The SMILES string of the molecule is CCOC(=O)N1CCC(C(=O)Nc2cc3c(cc2C(C)=O)OCO3)CC1. The molecule has 0 saturated carbocycles. The van der Waals surface area contributed by atoms with E-state index in [4.69, 9.17) is 14.2 Å².